The van der Waals surface area contributed by atoms with E-state index < -0.39 is 0 Å². The Morgan fingerprint density at radius 1 is 1.17 bits per heavy atom. The fraction of sp³-hybridized carbons (Fsp3) is 0.467. The molecular weight excluding hydrogens is 335 g/mol. The molecule has 1 unspecified atom stereocenters. The minimum absolute atomic E-state index is 0.179. The Hall–Kier alpha value is -0.390. The van der Waals surface area contributed by atoms with Crippen LogP contribution in [0.2, 0.25) is 0 Å². The van der Waals surface area contributed by atoms with E-state index >= 15 is 0 Å². The average Bonchev–Trinajstić information content (AvgIpc) is 2.32. The van der Waals surface area contributed by atoms with E-state index in [1.165, 1.54) is 53.2 Å². The van der Waals surface area contributed by atoms with Crippen LogP contribution in [0.4, 0.5) is 0 Å². The second-order valence-corrected chi connectivity index (χ2v) is 6.13. The Labute approximate surface area is 123 Å². The lowest BCUT2D eigenvalue weighted by Crippen LogP contribution is -2.29. The molecule has 0 saturated carbocycles. The van der Waals surface area contributed by atoms with Gasteiger partial charge >= 0.3 is 0 Å². The zero-order chi connectivity index (χ0) is 12.8. The van der Waals surface area contributed by atoms with Crippen LogP contribution >= 0.6 is 22.6 Å². The molecule has 0 bridgehead atoms. The molecule has 3 N–H and O–H groups in total. The highest BCUT2D eigenvalue weighted by Gasteiger charge is 2.15. The standard InChI is InChI=1S/C15H21IN2/c16-14-10-6-9-13(11-14)15(18-17)12-7-4-2-1-3-5-8-12/h6-7,9-11,15,18H,1-5,8,17H2/b12-7+. The molecule has 0 fully saturated rings. The number of hydrogen-bond acceptors (Lipinski definition) is 2. The molecule has 0 radical (unpaired) electrons. The Morgan fingerprint density at radius 3 is 2.78 bits per heavy atom. The Kier molecular flexibility index (Phi) is 5.66. The monoisotopic (exact) mass is 356 g/mol. The van der Waals surface area contributed by atoms with Crippen molar-refractivity contribution in [1.29, 1.82) is 0 Å². The maximum Gasteiger partial charge on any atom is 0.0670 e. The molecule has 3 heteroatoms. The lowest BCUT2D eigenvalue weighted by atomic mass is 9.91. The first kappa shape index (κ1) is 14.0. The number of hydrogen-bond donors (Lipinski definition) is 2. The number of nitrogens with two attached hydrogens (primary N) is 1. The maximum atomic E-state index is 5.78. The lowest BCUT2D eigenvalue weighted by Gasteiger charge is -2.22. The van der Waals surface area contributed by atoms with Crippen molar-refractivity contribution in [3.63, 3.8) is 0 Å². The largest absolute Gasteiger partial charge is 0.271 e. The van der Waals surface area contributed by atoms with Crippen LogP contribution in [0.25, 0.3) is 0 Å². The van der Waals surface area contributed by atoms with Gasteiger partial charge in [0.05, 0.1) is 6.04 Å². The summed E-state index contributed by atoms with van der Waals surface area (Å²) in [4.78, 5) is 0. The molecule has 1 atom stereocenters. The van der Waals surface area contributed by atoms with Crippen LogP contribution in [0.15, 0.2) is 35.9 Å². The minimum Gasteiger partial charge on any atom is -0.271 e. The molecule has 0 aromatic heterocycles. The molecule has 1 aromatic rings. The van der Waals surface area contributed by atoms with Gasteiger partial charge < -0.3 is 0 Å². The third kappa shape index (κ3) is 3.80. The van der Waals surface area contributed by atoms with E-state index in [4.69, 9.17) is 5.84 Å². The molecule has 2 rings (SSSR count). The molecule has 1 aromatic carbocycles. The summed E-state index contributed by atoms with van der Waals surface area (Å²) >= 11 is 2.35. The van der Waals surface area contributed by atoms with Crippen LogP contribution < -0.4 is 11.3 Å². The maximum absolute atomic E-state index is 5.78. The van der Waals surface area contributed by atoms with Crippen molar-refractivity contribution >= 4 is 22.6 Å². The number of benzene rings is 1. The van der Waals surface area contributed by atoms with Crippen molar-refractivity contribution in [2.45, 2.75) is 44.6 Å². The van der Waals surface area contributed by atoms with Crippen LogP contribution in [0.1, 0.15) is 50.1 Å². The van der Waals surface area contributed by atoms with Gasteiger partial charge in [0.15, 0.2) is 0 Å². The lowest BCUT2D eigenvalue weighted by molar-refractivity contribution is 0.555. The highest BCUT2D eigenvalue weighted by molar-refractivity contribution is 14.1. The first-order chi connectivity index (χ1) is 8.81. The first-order valence-electron chi connectivity index (χ1n) is 6.72. The number of nitrogens with one attached hydrogen (secondary N) is 1. The molecule has 98 valence electrons. The van der Waals surface area contributed by atoms with Crippen LogP contribution in [0.5, 0.6) is 0 Å². The minimum atomic E-state index is 0.179. The Balaban J connectivity index is 2.21. The van der Waals surface area contributed by atoms with Gasteiger partial charge in [-0.3, -0.25) is 5.84 Å². The fourth-order valence-electron chi connectivity index (χ4n) is 2.58. The normalized spacial score (nSPS) is 21.6. The first-order valence-corrected chi connectivity index (χ1v) is 7.79. The van der Waals surface area contributed by atoms with Gasteiger partial charge in [0.25, 0.3) is 0 Å². The summed E-state index contributed by atoms with van der Waals surface area (Å²) in [6.07, 6.45) is 10.1. The van der Waals surface area contributed by atoms with Gasteiger partial charge in [-0.05, 0) is 66.0 Å². The predicted octanol–water partition coefficient (Wildman–Crippen LogP) is 4.08. The van der Waals surface area contributed by atoms with E-state index in [2.05, 4.69) is 58.4 Å². The predicted molar refractivity (Wildman–Crippen MR) is 85.0 cm³/mol. The van der Waals surface area contributed by atoms with Crippen LogP contribution in [0.3, 0.4) is 0 Å². The smallest absolute Gasteiger partial charge is 0.0670 e. The molecule has 0 aliphatic heterocycles. The second kappa shape index (κ2) is 7.26. The van der Waals surface area contributed by atoms with Gasteiger partial charge in [-0.1, -0.05) is 36.6 Å². The zero-order valence-corrected chi connectivity index (χ0v) is 12.8. The topological polar surface area (TPSA) is 38.0 Å². The molecule has 2 nitrogen and oxygen atoms in total. The van der Waals surface area contributed by atoms with Gasteiger partial charge in [0.1, 0.15) is 0 Å². The molecule has 1 aliphatic carbocycles. The Bertz CT molecular complexity index is 415. The quantitative estimate of drug-likeness (QED) is 0.371. The second-order valence-electron chi connectivity index (χ2n) is 4.89. The van der Waals surface area contributed by atoms with Crippen molar-refractivity contribution in [2.75, 3.05) is 0 Å². The summed E-state index contributed by atoms with van der Waals surface area (Å²) in [5.74, 6) is 5.78. The van der Waals surface area contributed by atoms with E-state index in [0.717, 1.165) is 0 Å². The van der Waals surface area contributed by atoms with Crippen LogP contribution in [-0.4, -0.2) is 0 Å². The van der Waals surface area contributed by atoms with E-state index in [-0.39, 0.29) is 6.04 Å². The van der Waals surface area contributed by atoms with Gasteiger partial charge in [-0.2, -0.15) is 0 Å². The van der Waals surface area contributed by atoms with E-state index in [1.54, 1.807) is 0 Å². The molecule has 0 heterocycles. The number of rotatable bonds is 3. The van der Waals surface area contributed by atoms with Gasteiger partial charge in [0, 0.05) is 3.57 Å². The summed E-state index contributed by atoms with van der Waals surface area (Å²) in [6, 6.07) is 8.77. The highest BCUT2D eigenvalue weighted by atomic mass is 127. The van der Waals surface area contributed by atoms with Crippen LogP contribution in [-0.2, 0) is 0 Å². The zero-order valence-electron chi connectivity index (χ0n) is 10.7. The third-order valence-electron chi connectivity index (χ3n) is 3.55. The highest BCUT2D eigenvalue weighted by Crippen LogP contribution is 2.28. The molecule has 0 saturated heterocycles. The average molecular weight is 356 g/mol. The number of hydrazine groups is 1. The Morgan fingerprint density at radius 2 is 2.00 bits per heavy atom. The van der Waals surface area contributed by atoms with Gasteiger partial charge in [0.2, 0.25) is 0 Å². The SMILES string of the molecule is NNC(/C1=C/CCCCCC1)c1cccc(I)c1. The molecule has 0 amide bonds. The summed E-state index contributed by atoms with van der Waals surface area (Å²) in [5, 5.41) is 0. The van der Waals surface area contributed by atoms with Crippen LogP contribution in [0, 0.1) is 3.57 Å². The fourth-order valence-corrected chi connectivity index (χ4v) is 3.15. The van der Waals surface area contributed by atoms with Crippen molar-refractivity contribution in [3.8, 4) is 0 Å². The van der Waals surface area contributed by atoms with E-state index in [0.29, 0.717) is 0 Å². The van der Waals surface area contributed by atoms with Crippen molar-refractivity contribution in [1.82, 2.24) is 5.43 Å². The number of halogens is 1. The summed E-state index contributed by atoms with van der Waals surface area (Å²) in [6.45, 7) is 0. The van der Waals surface area contributed by atoms with Crippen molar-refractivity contribution in [3.05, 3.63) is 45.0 Å². The van der Waals surface area contributed by atoms with Crippen molar-refractivity contribution < 1.29 is 0 Å². The molecule has 18 heavy (non-hydrogen) atoms. The van der Waals surface area contributed by atoms with Gasteiger partial charge in [-0.15, -0.1) is 0 Å². The van der Waals surface area contributed by atoms with Crippen molar-refractivity contribution in [2.24, 2.45) is 5.84 Å². The van der Waals surface area contributed by atoms with E-state index in [1.807, 2.05) is 0 Å². The van der Waals surface area contributed by atoms with Gasteiger partial charge in [-0.25, -0.2) is 5.43 Å². The molecule has 0 spiro atoms. The summed E-state index contributed by atoms with van der Waals surface area (Å²) in [7, 11) is 0. The number of allylic oxidation sites excluding steroid dienone is 1. The van der Waals surface area contributed by atoms with E-state index in [9.17, 15) is 0 Å². The summed E-state index contributed by atoms with van der Waals surface area (Å²) in [5.41, 5.74) is 5.72. The molecular formula is C15H21IN2. The molecule has 1 aliphatic rings. The third-order valence-corrected chi connectivity index (χ3v) is 4.22. The summed E-state index contributed by atoms with van der Waals surface area (Å²) < 4.78 is 1.26.